The van der Waals surface area contributed by atoms with Crippen molar-refractivity contribution in [2.45, 2.75) is 25.3 Å². The fourth-order valence-corrected chi connectivity index (χ4v) is 1.88. The van der Waals surface area contributed by atoms with Gasteiger partial charge in [-0.2, -0.15) is 0 Å². The molecule has 0 atom stereocenters. The van der Waals surface area contributed by atoms with Gasteiger partial charge in [0, 0.05) is 5.92 Å². The van der Waals surface area contributed by atoms with Crippen LogP contribution in [-0.2, 0) is 6.54 Å². The molecule has 0 amide bonds. The predicted octanol–water partition coefficient (Wildman–Crippen LogP) is 2.79. The highest BCUT2D eigenvalue weighted by Crippen LogP contribution is 2.40. The minimum atomic E-state index is 0.314. The van der Waals surface area contributed by atoms with Gasteiger partial charge in [0.2, 0.25) is 0 Å². The standard InChI is InChI=1S/C12H13ClN4O/c13-10-9(14)12(15-6-8-2-1-5-18-8)17-11(16-10)7-3-4-7/h1-2,5,7H,3-4,6,14H2,(H,15,16,17). The number of nitrogen functional groups attached to an aromatic ring is 1. The molecule has 1 fully saturated rings. The SMILES string of the molecule is Nc1c(Cl)nc(C2CC2)nc1NCc1ccco1. The molecule has 3 N–H and O–H groups in total. The monoisotopic (exact) mass is 264 g/mol. The first-order valence-electron chi connectivity index (χ1n) is 5.83. The molecule has 1 saturated carbocycles. The zero-order chi connectivity index (χ0) is 12.5. The molecular formula is C12H13ClN4O. The molecule has 5 nitrogen and oxygen atoms in total. The third-order valence-electron chi connectivity index (χ3n) is 2.87. The first-order chi connectivity index (χ1) is 8.74. The number of nitrogens with zero attached hydrogens (tertiary/aromatic N) is 2. The summed E-state index contributed by atoms with van der Waals surface area (Å²) in [6, 6.07) is 3.72. The van der Waals surface area contributed by atoms with Crippen molar-refractivity contribution in [2.75, 3.05) is 11.1 Å². The second kappa shape index (κ2) is 4.49. The highest BCUT2D eigenvalue weighted by Gasteiger charge is 2.28. The van der Waals surface area contributed by atoms with Crippen LogP contribution < -0.4 is 11.1 Å². The van der Waals surface area contributed by atoms with Gasteiger partial charge in [0.1, 0.15) is 17.3 Å². The lowest BCUT2D eigenvalue weighted by atomic mass is 10.3. The summed E-state index contributed by atoms with van der Waals surface area (Å²) in [6.45, 7) is 0.522. The van der Waals surface area contributed by atoms with Crippen LogP contribution in [0.15, 0.2) is 22.8 Å². The lowest BCUT2D eigenvalue weighted by Crippen LogP contribution is -2.08. The zero-order valence-corrected chi connectivity index (χ0v) is 10.4. The maximum atomic E-state index is 6.01. The van der Waals surface area contributed by atoms with E-state index in [0.717, 1.165) is 24.4 Å². The van der Waals surface area contributed by atoms with Crippen LogP contribution in [0.2, 0.25) is 5.15 Å². The molecule has 1 aliphatic rings. The fraction of sp³-hybridized carbons (Fsp3) is 0.333. The van der Waals surface area contributed by atoms with Gasteiger partial charge in [-0.05, 0) is 25.0 Å². The molecule has 2 heterocycles. The van der Waals surface area contributed by atoms with Gasteiger partial charge < -0.3 is 15.5 Å². The maximum Gasteiger partial charge on any atom is 0.157 e. The van der Waals surface area contributed by atoms with E-state index in [0.29, 0.717) is 29.1 Å². The Morgan fingerprint density at radius 1 is 1.44 bits per heavy atom. The summed E-state index contributed by atoms with van der Waals surface area (Å²) < 4.78 is 5.24. The quantitative estimate of drug-likeness (QED) is 0.831. The van der Waals surface area contributed by atoms with Gasteiger partial charge in [-0.25, -0.2) is 9.97 Å². The van der Waals surface area contributed by atoms with Crippen LogP contribution in [0, 0.1) is 0 Å². The molecule has 1 aliphatic carbocycles. The number of nitrogens with two attached hydrogens (primary N) is 1. The smallest absolute Gasteiger partial charge is 0.157 e. The number of rotatable bonds is 4. The van der Waals surface area contributed by atoms with E-state index in [4.69, 9.17) is 21.8 Å². The van der Waals surface area contributed by atoms with E-state index in [-0.39, 0.29) is 0 Å². The predicted molar refractivity (Wildman–Crippen MR) is 69.5 cm³/mol. The summed E-state index contributed by atoms with van der Waals surface area (Å²) in [5, 5.41) is 3.44. The van der Waals surface area contributed by atoms with Crippen molar-refractivity contribution in [3.8, 4) is 0 Å². The molecule has 2 aromatic heterocycles. The largest absolute Gasteiger partial charge is 0.467 e. The van der Waals surface area contributed by atoms with E-state index >= 15 is 0 Å². The van der Waals surface area contributed by atoms with Gasteiger partial charge >= 0.3 is 0 Å². The molecule has 0 aliphatic heterocycles. The first kappa shape index (κ1) is 11.3. The number of furan rings is 1. The van der Waals surface area contributed by atoms with Crippen molar-refractivity contribution < 1.29 is 4.42 Å². The van der Waals surface area contributed by atoms with Crippen LogP contribution in [0.4, 0.5) is 11.5 Å². The number of anilines is 2. The maximum absolute atomic E-state index is 6.01. The Morgan fingerprint density at radius 3 is 2.94 bits per heavy atom. The normalized spacial score (nSPS) is 14.7. The summed E-state index contributed by atoms with van der Waals surface area (Å²) >= 11 is 6.01. The van der Waals surface area contributed by atoms with Gasteiger partial charge in [-0.1, -0.05) is 11.6 Å². The third kappa shape index (κ3) is 2.26. The summed E-state index contributed by atoms with van der Waals surface area (Å²) in [5.41, 5.74) is 6.24. The first-order valence-corrected chi connectivity index (χ1v) is 6.21. The molecule has 2 aromatic rings. The highest BCUT2D eigenvalue weighted by molar-refractivity contribution is 6.32. The summed E-state index contributed by atoms with van der Waals surface area (Å²) in [7, 11) is 0. The van der Waals surface area contributed by atoms with Crippen LogP contribution in [0.3, 0.4) is 0 Å². The minimum absolute atomic E-state index is 0.314. The zero-order valence-electron chi connectivity index (χ0n) is 9.69. The van der Waals surface area contributed by atoms with Crippen LogP contribution in [0.25, 0.3) is 0 Å². The van der Waals surface area contributed by atoms with E-state index in [9.17, 15) is 0 Å². The third-order valence-corrected chi connectivity index (χ3v) is 3.16. The second-order valence-electron chi connectivity index (χ2n) is 4.34. The minimum Gasteiger partial charge on any atom is -0.467 e. The van der Waals surface area contributed by atoms with Gasteiger partial charge in [-0.15, -0.1) is 0 Å². The average molecular weight is 265 g/mol. The Balaban J connectivity index is 1.81. The Labute approximate surface area is 109 Å². The second-order valence-corrected chi connectivity index (χ2v) is 4.70. The van der Waals surface area contributed by atoms with Gasteiger partial charge in [0.25, 0.3) is 0 Å². The van der Waals surface area contributed by atoms with E-state index < -0.39 is 0 Å². The Bertz CT molecular complexity index is 551. The number of hydrogen-bond acceptors (Lipinski definition) is 5. The van der Waals surface area contributed by atoms with Gasteiger partial charge in [0.15, 0.2) is 11.0 Å². The average Bonchev–Trinajstić information content (AvgIpc) is 3.08. The number of halogens is 1. The lowest BCUT2D eigenvalue weighted by Gasteiger charge is -2.09. The van der Waals surface area contributed by atoms with E-state index in [1.54, 1.807) is 6.26 Å². The number of hydrogen-bond donors (Lipinski definition) is 2. The van der Waals surface area contributed by atoms with Crippen molar-refractivity contribution in [3.05, 3.63) is 35.1 Å². The van der Waals surface area contributed by atoms with Crippen molar-refractivity contribution in [1.82, 2.24) is 9.97 Å². The molecule has 6 heteroatoms. The van der Waals surface area contributed by atoms with Crippen LogP contribution in [0.5, 0.6) is 0 Å². The van der Waals surface area contributed by atoms with Crippen LogP contribution in [-0.4, -0.2) is 9.97 Å². The van der Waals surface area contributed by atoms with Crippen molar-refractivity contribution in [2.24, 2.45) is 0 Å². The highest BCUT2D eigenvalue weighted by atomic mass is 35.5. The Hall–Kier alpha value is -1.75. The molecule has 0 spiro atoms. The fourth-order valence-electron chi connectivity index (χ4n) is 1.70. The van der Waals surface area contributed by atoms with Crippen molar-refractivity contribution in [1.29, 1.82) is 0 Å². The van der Waals surface area contributed by atoms with Crippen molar-refractivity contribution in [3.63, 3.8) is 0 Å². The molecule has 3 rings (SSSR count). The van der Waals surface area contributed by atoms with E-state index in [1.807, 2.05) is 12.1 Å². The molecule has 94 valence electrons. The molecule has 0 bridgehead atoms. The molecule has 0 saturated heterocycles. The van der Waals surface area contributed by atoms with Gasteiger partial charge in [0.05, 0.1) is 12.8 Å². The summed E-state index contributed by atoms with van der Waals surface area (Å²) in [6.07, 6.45) is 3.87. The summed E-state index contributed by atoms with van der Waals surface area (Å²) in [4.78, 5) is 8.63. The van der Waals surface area contributed by atoms with E-state index in [1.165, 1.54) is 0 Å². The number of nitrogens with one attached hydrogen (secondary N) is 1. The Morgan fingerprint density at radius 2 is 2.28 bits per heavy atom. The van der Waals surface area contributed by atoms with Gasteiger partial charge in [-0.3, -0.25) is 0 Å². The Kier molecular flexibility index (Phi) is 2.83. The van der Waals surface area contributed by atoms with Crippen LogP contribution >= 0.6 is 11.6 Å². The molecule has 18 heavy (non-hydrogen) atoms. The van der Waals surface area contributed by atoms with Crippen molar-refractivity contribution >= 4 is 23.1 Å². The number of aromatic nitrogens is 2. The topological polar surface area (TPSA) is 77.0 Å². The van der Waals surface area contributed by atoms with E-state index in [2.05, 4.69) is 15.3 Å². The molecule has 0 unspecified atom stereocenters. The molecular weight excluding hydrogens is 252 g/mol. The molecule has 0 aromatic carbocycles. The van der Waals surface area contributed by atoms with Crippen LogP contribution in [0.1, 0.15) is 30.3 Å². The summed E-state index contributed by atoms with van der Waals surface area (Å²) in [5.74, 6) is 2.61. The lowest BCUT2D eigenvalue weighted by molar-refractivity contribution is 0.518. The molecule has 0 radical (unpaired) electrons.